The first kappa shape index (κ1) is 14.0. The number of hydrogen-bond donors (Lipinski definition) is 1. The molecule has 0 saturated carbocycles. The lowest BCUT2D eigenvalue weighted by atomic mass is 9.59. The molecular formula is C18H19NO2S. The van der Waals surface area contributed by atoms with Gasteiger partial charge in [-0.2, -0.15) is 0 Å². The number of sulfonamides is 1. The van der Waals surface area contributed by atoms with Gasteiger partial charge in [0.15, 0.2) is 0 Å². The first-order chi connectivity index (χ1) is 10.5. The molecule has 0 spiro atoms. The minimum absolute atomic E-state index is 0.298. The monoisotopic (exact) mass is 313 g/mol. The second-order valence-corrected chi connectivity index (χ2v) is 8.24. The second-order valence-electron chi connectivity index (χ2n) is 6.40. The van der Waals surface area contributed by atoms with Gasteiger partial charge < -0.3 is 0 Å². The van der Waals surface area contributed by atoms with Crippen LogP contribution in [-0.2, 0) is 10.0 Å². The molecule has 3 aliphatic rings. The minimum Gasteiger partial charge on any atom is -0.215 e. The van der Waals surface area contributed by atoms with E-state index in [2.05, 4.69) is 53.3 Å². The molecule has 2 aromatic carbocycles. The average molecular weight is 313 g/mol. The van der Waals surface area contributed by atoms with Crippen LogP contribution in [0.15, 0.2) is 48.5 Å². The van der Waals surface area contributed by atoms with Crippen LogP contribution in [0.4, 0.5) is 0 Å². The van der Waals surface area contributed by atoms with Crippen LogP contribution in [0.25, 0.3) is 0 Å². The summed E-state index contributed by atoms with van der Waals surface area (Å²) in [5.74, 6) is 1.01. The van der Waals surface area contributed by atoms with E-state index >= 15 is 0 Å². The third-order valence-corrected chi connectivity index (χ3v) is 5.72. The molecule has 2 aromatic rings. The smallest absolute Gasteiger partial charge is 0.208 e. The van der Waals surface area contributed by atoms with Crippen molar-refractivity contribution in [2.45, 2.75) is 18.3 Å². The van der Waals surface area contributed by atoms with Gasteiger partial charge in [0.25, 0.3) is 0 Å². The molecule has 0 radical (unpaired) electrons. The molecule has 3 aliphatic carbocycles. The summed E-state index contributed by atoms with van der Waals surface area (Å²) in [7, 11) is -3.15. The normalized spacial score (nSPS) is 25.6. The van der Waals surface area contributed by atoms with Gasteiger partial charge in [-0.15, -0.1) is 0 Å². The first-order valence-corrected chi connectivity index (χ1v) is 9.56. The van der Waals surface area contributed by atoms with E-state index in [1.54, 1.807) is 0 Å². The highest BCUT2D eigenvalue weighted by Crippen LogP contribution is 2.55. The summed E-state index contributed by atoms with van der Waals surface area (Å²) in [4.78, 5) is 0. The van der Waals surface area contributed by atoms with Gasteiger partial charge >= 0.3 is 0 Å². The van der Waals surface area contributed by atoms with Crippen molar-refractivity contribution in [2.24, 2.45) is 5.92 Å². The number of hydrogen-bond acceptors (Lipinski definition) is 2. The van der Waals surface area contributed by atoms with Crippen LogP contribution >= 0.6 is 0 Å². The predicted octanol–water partition coefficient (Wildman–Crippen LogP) is 2.83. The van der Waals surface area contributed by atoms with Crippen LogP contribution < -0.4 is 4.72 Å². The van der Waals surface area contributed by atoms with E-state index in [1.807, 2.05) is 0 Å². The summed E-state index contributed by atoms with van der Waals surface area (Å²) >= 11 is 0. The van der Waals surface area contributed by atoms with Crippen LogP contribution in [0.5, 0.6) is 0 Å². The third kappa shape index (κ3) is 2.18. The van der Waals surface area contributed by atoms with Crippen molar-refractivity contribution < 1.29 is 8.42 Å². The Labute approximate surface area is 131 Å². The van der Waals surface area contributed by atoms with E-state index < -0.39 is 10.0 Å². The molecule has 0 aliphatic heterocycles. The highest BCUT2D eigenvalue weighted by Gasteiger charge is 2.42. The van der Waals surface area contributed by atoms with Crippen LogP contribution in [0.2, 0.25) is 0 Å². The zero-order valence-corrected chi connectivity index (χ0v) is 13.3. The Morgan fingerprint density at radius 1 is 0.955 bits per heavy atom. The van der Waals surface area contributed by atoms with Crippen molar-refractivity contribution in [1.29, 1.82) is 0 Å². The molecule has 0 fully saturated rings. The molecule has 22 heavy (non-hydrogen) atoms. The molecule has 4 heteroatoms. The Kier molecular flexibility index (Phi) is 3.13. The Morgan fingerprint density at radius 2 is 1.45 bits per heavy atom. The van der Waals surface area contributed by atoms with Crippen molar-refractivity contribution in [2.75, 3.05) is 12.8 Å². The molecule has 5 rings (SSSR count). The summed E-state index contributed by atoms with van der Waals surface area (Å²) in [6, 6.07) is 17.2. The molecule has 1 N–H and O–H groups in total. The van der Waals surface area contributed by atoms with Gasteiger partial charge in [0.1, 0.15) is 0 Å². The lowest BCUT2D eigenvalue weighted by Gasteiger charge is -2.45. The third-order valence-electron chi connectivity index (χ3n) is 5.03. The molecule has 0 aromatic heterocycles. The number of nitrogens with one attached hydrogen (secondary N) is 1. The van der Waals surface area contributed by atoms with Gasteiger partial charge in [-0.3, -0.25) is 0 Å². The zero-order chi connectivity index (χ0) is 15.3. The number of rotatable bonds is 3. The van der Waals surface area contributed by atoms with E-state index in [0.29, 0.717) is 24.3 Å². The molecule has 0 unspecified atom stereocenters. The quantitative estimate of drug-likeness (QED) is 0.947. The van der Waals surface area contributed by atoms with E-state index in [0.717, 1.165) is 6.42 Å². The average Bonchev–Trinajstić information content (AvgIpc) is 2.52. The number of benzene rings is 2. The summed E-state index contributed by atoms with van der Waals surface area (Å²) < 4.78 is 25.6. The molecular weight excluding hydrogens is 294 g/mol. The van der Waals surface area contributed by atoms with E-state index in [-0.39, 0.29) is 0 Å². The van der Waals surface area contributed by atoms with Crippen molar-refractivity contribution in [1.82, 2.24) is 4.72 Å². The summed E-state index contributed by atoms with van der Waals surface area (Å²) in [5, 5.41) is 0. The summed E-state index contributed by atoms with van der Waals surface area (Å²) in [6.07, 6.45) is 2.25. The Bertz CT molecular complexity index is 781. The highest BCUT2D eigenvalue weighted by molar-refractivity contribution is 7.88. The van der Waals surface area contributed by atoms with E-state index in [9.17, 15) is 8.42 Å². The van der Waals surface area contributed by atoms with Gasteiger partial charge in [-0.1, -0.05) is 48.5 Å². The van der Waals surface area contributed by atoms with Gasteiger partial charge in [-0.05, 0) is 34.6 Å². The van der Waals surface area contributed by atoms with Gasteiger partial charge in [0.2, 0.25) is 10.0 Å². The maximum absolute atomic E-state index is 11.5. The van der Waals surface area contributed by atoms with Crippen molar-refractivity contribution >= 4 is 10.0 Å². The molecule has 0 amide bonds. The summed E-state index contributed by atoms with van der Waals surface area (Å²) in [6.45, 7) is 0.517. The molecule has 114 valence electrons. The van der Waals surface area contributed by atoms with Crippen molar-refractivity contribution in [3.05, 3.63) is 70.8 Å². The molecule has 3 nitrogen and oxygen atoms in total. The highest BCUT2D eigenvalue weighted by atomic mass is 32.2. The molecule has 1 atom stereocenters. The fraction of sp³-hybridized carbons (Fsp3) is 0.333. The lowest BCUT2D eigenvalue weighted by Crippen LogP contribution is -2.39. The van der Waals surface area contributed by atoms with E-state index in [4.69, 9.17) is 0 Å². The van der Waals surface area contributed by atoms with Gasteiger partial charge in [0.05, 0.1) is 6.26 Å². The summed E-state index contributed by atoms with van der Waals surface area (Å²) in [5.41, 5.74) is 5.58. The minimum atomic E-state index is -3.15. The standard InChI is InChI=1S/C18H19NO2S/c1-22(20,21)19-11-12-10-17-13-6-2-4-8-15(13)18(12)16-9-5-3-7-14(16)17/h2-9,12,17-19H,10-11H2,1H3/t12-,17?,18?/m0/s1. The fourth-order valence-electron chi connectivity index (χ4n) is 4.22. The van der Waals surface area contributed by atoms with Gasteiger partial charge in [-0.25, -0.2) is 13.1 Å². The maximum atomic E-state index is 11.5. The van der Waals surface area contributed by atoms with Crippen LogP contribution in [0.1, 0.15) is 40.5 Å². The SMILES string of the molecule is CS(=O)(=O)NC[C@@H]1CC2c3ccccc3C1c1ccccc12. The second kappa shape index (κ2) is 4.93. The van der Waals surface area contributed by atoms with Crippen molar-refractivity contribution in [3.8, 4) is 0 Å². The molecule has 2 bridgehead atoms. The Hall–Kier alpha value is -1.65. The Morgan fingerprint density at radius 3 is 1.95 bits per heavy atom. The topological polar surface area (TPSA) is 46.2 Å². The lowest BCUT2D eigenvalue weighted by molar-refractivity contribution is 0.355. The van der Waals surface area contributed by atoms with Crippen LogP contribution in [0, 0.1) is 5.92 Å². The number of fused-ring (bicyclic) bond motifs is 1. The van der Waals surface area contributed by atoms with Crippen molar-refractivity contribution in [3.63, 3.8) is 0 Å². The van der Waals surface area contributed by atoms with Gasteiger partial charge in [0, 0.05) is 18.4 Å². The predicted molar refractivity (Wildman–Crippen MR) is 87.5 cm³/mol. The molecule has 0 saturated heterocycles. The fourth-order valence-corrected chi connectivity index (χ4v) is 4.74. The zero-order valence-electron chi connectivity index (χ0n) is 12.5. The first-order valence-electron chi connectivity index (χ1n) is 7.67. The van der Waals surface area contributed by atoms with Crippen LogP contribution in [0.3, 0.4) is 0 Å². The largest absolute Gasteiger partial charge is 0.215 e. The van der Waals surface area contributed by atoms with Crippen LogP contribution in [-0.4, -0.2) is 21.2 Å². The van der Waals surface area contributed by atoms with E-state index in [1.165, 1.54) is 28.5 Å². The Balaban J connectivity index is 1.79. The molecule has 0 heterocycles. The maximum Gasteiger partial charge on any atom is 0.208 e.